The van der Waals surface area contributed by atoms with Gasteiger partial charge >= 0.3 is 17.8 Å². The second kappa shape index (κ2) is 3.61. The number of hydrogen-bond acceptors (Lipinski definition) is 2. The Morgan fingerprint density at radius 1 is 1.00 bits per heavy atom. The van der Waals surface area contributed by atoms with Crippen LogP contribution in [0, 0.1) is 0 Å². The molecule has 0 unspecified atom stereocenters. The first-order valence-corrected chi connectivity index (χ1v) is 2.41. The Hall–Kier alpha value is -0.720. The molecule has 0 N–H and O–H groups in total. The predicted octanol–water partition coefficient (Wildman–Crippen LogP) is 2.40. The molecule has 64 valence electrons. The topological polar surface area (TPSA) is 24.7 Å². The summed E-state index contributed by atoms with van der Waals surface area (Å²) in [6.07, 6.45) is -5.54. The molecule has 0 aliphatic heterocycles. The molecule has 11 heavy (non-hydrogen) atoms. The van der Waals surface area contributed by atoms with Crippen molar-refractivity contribution < 1.29 is 22.0 Å². The maximum atomic E-state index is 12.0. The summed E-state index contributed by atoms with van der Waals surface area (Å²) in [4.78, 5) is 3.33. The third-order valence-electron chi connectivity index (χ3n) is 0.438. The quantitative estimate of drug-likeness (QED) is 0.279. The molecule has 0 aromatic rings. The lowest BCUT2D eigenvalue weighted by atomic mass is 11.0. The average Bonchev–Trinajstić information content (AvgIpc) is 1.53. The summed E-state index contributed by atoms with van der Waals surface area (Å²) in [6, 6.07) is 0. The number of hydrogen-bond donors (Lipinski definition) is 0. The molecule has 8 heteroatoms. The summed E-state index contributed by atoms with van der Waals surface area (Å²) in [5, 5.41) is -3.81. The van der Waals surface area contributed by atoms with E-state index in [2.05, 4.69) is 11.6 Å². The molecule has 0 aromatic carbocycles. The zero-order chi connectivity index (χ0) is 9.07. The molecule has 0 aliphatic carbocycles. The summed E-state index contributed by atoms with van der Waals surface area (Å²) < 4.78 is 56.4. The van der Waals surface area contributed by atoms with E-state index in [9.17, 15) is 22.0 Å². The van der Waals surface area contributed by atoms with Crippen molar-refractivity contribution >= 4 is 24.0 Å². The molecule has 0 saturated carbocycles. The van der Waals surface area contributed by atoms with Crippen LogP contribution in [-0.4, -0.2) is 17.8 Å². The highest BCUT2D eigenvalue weighted by molar-refractivity contribution is 6.23. The first-order chi connectivity index (χ1) is 4.83. The van der Waals surface area contributed by atoms with Crippen LogP contribution in [0.5, 0.6) is 0 Å². The van der Waals surface area contributed by atoms with E-state index in [4.69, 9.17) is 0 Å². The monoisotopic (exact) mass is 194 g/mol. The van der Waals surface area contributed by atoms with E-state index in [0.717, 1.165) is 0 Å². The third kappa shape index (κ3) is 5.71. The fraction of sp³-hybridized carbons (Fsp3) is 0.333. The molecule has 0 radical (unpaired) electrons. The Balaban J connectivity index is 4.48. The van der Waals surface area contributed by atoms with Gasteiger partial charge in [-0.05, 0) is 11.6 Å². The van der Waals surface area contributed by atoms with Gasteiger partial charge in [0.15, 0.2) is 0 Å². The van der Waals surface area contributed by atoms with Gasteiger partial charge in [0.25, 0.3) is 0 Å². The van der Waals surface area contributed by atoms with Crippen molar-refractivity contribution in [3.05, 3.63) is 0 Å². The SMILES string of the molecule is FC(F)=NC(F)(Cl)N=C(F)F. The van der Waals surface area contributed by atoms with Gasteiger partial charge in [-0.25, -0.2) is 0 Å². The molecule has 0 heterocycles. The first kappa shape index (κ1) is 10.3. The molecule has 0 bridgehead atoms. The summed E-state index contributed by atoms with van der Waals surface area (Å²) in [7, 11) is 0. The lowest BCUT2D eigenvalue weighted by Crippen LogP contribution is -2.09. The molecule has 0 amide bonds. The predicted molar refractivity (Wildman–Crippen MR) is 29.0 cm³/mol. The summed E-state index contributed by atoms with van der Waals surface area (Å²) in [5.74, 6) is 0. The average molecular weight is 194 g/mol. The Morgan fingerprint density at radius 2 is 1.27 bits per heavy atom. The Morgan fingerprint density at radius 3 is 1.45 bits per heavy atom. The van der Waals surface area contributed by atoms with Gasteiger partial charge in [0.1, 0.15) is 0 Å². The Kier molecular flexibility index (Phi) is 3.37. The third-order valence-corrected chi connectivity index (χ3v) is 0.607. The maximum absolute atomic E-state index is 12.0. The largest absolute Gasteiger partial charge is 0.384 e. The summed E-state index contributed by atoms with van der Waals surface area (Å²) in [6.45, 7) is 0. The van der Waals surface area contributed by atoms with Crippen molar-refractivity contribution in [1.82, 2.24) is 0 Å². The zero-order valence-electron chi connectivity index (χ0n) is 4.66. The number of alkyl halides is 2. The van der Waals surface area contributed by atoms with Crippen molar-refractivity contribution in [2.45, 2.75) is 5.38 Å². The lowest BCUT2D eigenvalue weighted by molar-refractivity contribution is 0.291. The minimum Gasteiger partial charge on any atom is -0.174 e. The van der Waals surface area contributed by atoms with Gasteiger partial charge in [0.05, 0.1) is 0 Å². The van der Waals surface area contributed by atoms with Gasteiger partial charge in [-0.3, -0.25) is 0 Å². The van der Waals surface area contributed by atoms with E-state index in [0.29, 0.717) is 0 Å². The van der Waals surface area contributed by atoms with Gasteiger partial charge in [0.2, 0.25) is 0 Å². The van der Waals surface area contributed by atoms with Gasteiger partial charge in [-0.2, -0.15) is 31.9 Å². The van der Waals surface area contributed by atoms with E-state index in [1.54, 1.807) is 9.98 Å². The van der Waals surface area contributed by atoms with Gasteiger partial charge in [0, 0.05) is 0 Å². The standard InChI is InChI=1S/C3ClF5N2/c4-3(9,10-1(5)6)11-2(7)8. The van der Waals surface area contributed by atoms with E-state index in [1.165, 1.54) is 0 Å². The van der Waals surface area contributed by atoms with E-state index < -0.39 is 17.8 Å². The minimum absolute atomic E-state index is 1.66. The van der Waals surface area contributed by atoms with Crippen molar-refractivity contribution in [1.29, 1.82) is 0 Å². The molecular weight excluding hydrogens is 194 g/mol. The van der Waals surface area contributed by atoms with Crippen molar-refractivity contribution in [3.8, 4) is 0 Å². The summed E-state index contributed by atoms with van der Waals surface area (Å²) in [5.41, 5.74) is 0. The zero-order valence-corrected chi connectivity index (χ0v) is 5.42. The second-order valence-electron chi connectivity index (χ2n) is 1.21. The molecular formula is C3ClF5N2. The van der Waals surface area contributed by atoms with Crippen LogP contribution in [0.3, 0.4) is 0 Å². The maximum Gasteiger partial charge on any atom is 0.384 e. The molecule has 0 spiro atoms. The van der Waals surface area contributed by atoms with Crippen LogP contribution < -0.4 is 0 Å². The lowest BCUT2D eigenvalue weighted by Gasteiger charge is -2.01. The van der Waals surface area contributed by atoms with Crippen LogP contribution in [0.1, 0.15) is 0 Å². The van der Waals surface area contributed by atoms with Crippen molar-refractivity contribution in [3.63, 3.8) is 0 Å². The fourth-order valence-electron chi connectivity index (χ4n) is 0.228. The number of rotatable bonds is 2. The van der Waals surface area contributed by atoms with Gasteiger partial charge in [-0.1, -0.05) is 0 Å². The number of halogens is 6. The van der Waals surface area contributed by atoms with Crippen LogP contribution >= 0.6 is 11.6 Å². The molecule has 0 atom stereocenters. The number of nitrogens with zero attached hydrogens (tertiary/aromatic N) is 2. The van der Waals surface area contributed by atoms with Crippen LogP contribution in [0.15, 0.2) is 9.98 Å². The molecule has 0 rings (SSSR count). The highest BCUT2D eigenvalue weighted by Crippen LogP contribution is 2.22. The summed E-state index contributed by atoms with van der Waals surface area (Å²) >= 11 is 4.32. The molecule has 2 nitrogen and oxygen atoms in total. The number of aliphatic imine (C=N–C) groups is 2. The van der Waals surface area contributed by atoms with Crippen LogP contribution in [-0.2, 0) is 0 Å². The van der Waals surface area contributed by atoms with E-state index in [1.807, 2.05) is 0 Å². The van der Waals surface area contributed by atoms with Crippen LogP contribution in [0.2, 0.25) is 0 Å². The van der Waals surface area contributed by atoms with Gasteiger partial charge in [-0.15, -0.1) is 0 Å². The van der Waals surface area contributed by atoms with Crippen molar-refractivity contribution in [2.75, 3.05) is 0 Å². The minimum atomic E-state index is -3.81. The molecule has 0 fully saturated rings. The highest BCUT2D eigenvalue weighted by Gasteiger charge is 2.26. The normalized spacial score (nSPS) is 10.7. The highest BCUT2D eigenvalue weighted by atomic mass is 35.5. The van der Waals surface area contributed by atoms with E-state index >= 15 is 0 Å². The smallest absolute Gasteiger partial charge is 0.174 e. The van der Waals surface area contributed by atoms with Crippen LogP contribution in [0.4, 0.5) is 22.0 Å². The fourth-order valence-corrected chi connectivity index (χ4v) is 0.356. The molecule has 0 aliphatic rings. The Bertz CT molecular complexity index is 172. The van der Waals surface area contributed by atoms with Crippen LogP contribution in [0.25, 0.3) is 0 Å². The molecule has 0 aromatic heterocycles. The first-order valence-electron chi connectivity index (χ1n) is 2.03. The Labute approximate surface area is 62.4 Å². The van der Waals surface area contributed by atoms with E-state index in [-0.39, 0.29) is 0 Å². The second-order valence-corrected chi connectivity index (χ2v) is 1.69. The van der Waals surface area contributed by atoms with Crippen molar-refractivity contribution in [2.24, 2.45) is 9.98 Å². The van der Waals surface area contributed by atoms with Gasteiger partial charge < -0.3 is 0 Å². The molecule has 0 saturated heterocycles.